The van der Waals surface area contributed by atoms with Crippen LogP contribution in [0.5, 0.6) is 5.75 Å². The van der Waals surface area contributed by atoms with Crippen LogP contribution in [0.4, 0.5) is 16.8 Å². The molecule has 0 heterocycles. The normalized spacial score (nSPS) is 14.7. The van der Waals surface area contributed by atoms with Crippen LogP contribution in [-0.4, -0.2) is 7.11 Å². The second-order valence-corrected chi connectivity index (χ2v) is 4.38. The summed E-state index contributed by atoms with van der Waals surface area (Å²) in [6, 6.07) is 3.51. The molecule has 1 nitrogen and oxygen atoms in total. The third-order valence-corrected chi connectivity index (χ3v) is 2.54. The molecular formula is C7H7F4OP. The molecule has 6 heteroatoms. The summed E-state index contributed by atoms with van der Waals surface area (Å²) in [5, 5.41) is -1.22. The first kappa shape index (κ1) is 10.3. The summed E-state index contributed by atoms with van der Waals surface area (Å²) < 4.78 is 53.2. The Kier molecular flexibility index (Phi) is 2.24. The van der Waals surface area contributed by atoms with Crippen molar-refractivity contribution in [2.24, 2.45) is 0 Å². The third-order valence-electron chi connectivity index (χ3n) is 1.46. The van der Waals surface area contributed by atoms with E-state index in [-0.39, 0.29) is 5.75 Å². The van der Waals surface area contributed by atoms with Crippen molar-refractivity contribution >= 4 is 13.2 Å². The van der Waals surface area contributed by atoms with Crippen molar-refractivity contribution in [2.45, 2.75) is 0 Å². The molecule has 1 aromatic carbocycles. The molecule has 0 amide bonds. The fraction of sp³-hybridized carbons (Fsp3) is 0.143. The van der Waals surface area contributed by atoms with Gasteiger partial charge in [0.05, 0.1) is 0 Å². The molecule has 13 heavy (non-hydrogen) atoms. The van der Waals surface area contributed by atoms with E-state index in [2.05, 4.69) is 4.74 Å². The van der Waals surface area contributed by atoms with Gasteiger partial charge in [-0.1, -0.05) is 0 Å². The van der Waals surface area contributed by atoms with Crippen LogP contribution in [0.1, 0.15) is 0 Å². The second kappa shape index (κ2) is 2.84. The second-order valence-electron chi connectivity index (χ2n) is 2.42. The monoisotopic (exact) mass is 214 g/mol. The Morgan fingerprint density at radius 2 is 1.46 bits per heavy atom. The van der Waals surface area contributed by atoms with Crippen molar-refractivity contribution in [1.82, 2.24) is 0 Å². The fourth-order valence-corrected chi connectivity index (χ4v) is 1.41. The molecule has 0 unspecified atom stereocenters. The van der Waals surface area contributed by atoms with Crippen molar-refractivity contribution in [3.05, 3.63) is 24.3 Å². The summed E-state index contributed by atoms with van der Waals surface area (Å²) in [6.45, 7) is 0. The van der Waals surface area contributed by atoms with Crippen LogP contribution in [0.25, 0.3) is 0 Å². The van der Waals surface area contributed by atoms with Crippen LogP contribution in [0.15, 0.2) is 24.3 Å². The number of hydrogen-bond donors (Lipinski definition) is 0. The molecular weight excluding hydrogens is 207 g/mol. The minimum absolute atomic E-state index is 0.268. The number of benzene rings is 1. The number of halogens is 4. The zero-order valence-corrected chi connectivity index (χ0v) is 7.57. The standard InChI is InChI=1S/C7H7F4OP/c1-12-6-2-4-7(5-3-6)13(8,9,10)11/h2-5H,1H3. The first-order valence-electron chi connectivity index (χ1n) is 3.33. The van der Waals surface area contributed by atoms with Gasteiger partial charge in [0.15, 0.2) is 0 Å². The molecule has 0 spiro atoms. The van der Waals surface area contributed by atoms with Crippen LogP contribution in [0.3, 0.4) is 0 Å². The molecule has 0 saturated heterocycles. The maximum atomic E-state index is 12.1. The zero-order valence-electron chi connectivity index (χ0n) is 6.68. The maximum absolute atomic E-state index is 12.1. The third kappa shape index (κ3) is 2.56. The van der Waals surface area contributed by atoms with Gasteiger partial charge in [-0.3, -0.25) is 0 Å². The molecule has 0 saturated carbocycles. The van der Waals surface area contributed by atoms with Gasteiger partial charge in [-0.15, -0.1) is 0 Å². The Labute approximate surface area is 72.7 Å². The predicted octanol–water partition coefficient (Wildman–Crippen LogP) is 3.41. The van der Waals surface area contributed by atoms with Gasteiger partial charge >= 0.3 is 71.8 Å². The molecule has 0 N–H and O–H groups in total. The molecule has 0 aliphatic heterocycles. The Morgan fingerprint density at radius 1 is 1.00 bits per heavy atom. The number of hydrogen-bond acceptors (Lipinski definition) is 1. The molecule has 74 valence electrons. The summed E-state index contributed by atoms with van der Waals surface area (Å²) in [4.78, 5) is 0. The molecule has 0 bridgehead atoms. The molecule has 0 aromatic heterocycles. The summed E-state index contributed by atoms with van der Waals surface area (Å²) in [5.41, 5.74) is 0. The van der Waals surface area contributed by atoms with Crippen molar-refractivity contribution in [1.29, 1.82) is 0 Å². The van der Waals surface area contributed by atoms with E-state index in [1.54, 1.807) is 0 Å². The minimum atomic E-state index is -7.59. The fourth-order valence-electron chi connectivity index (χ4n) is 0.808. The Bertz CT molecular complexity index is 293. The molecule has 0 atom stereocenters. The van der Waals surface area contributed by atoms with Gasteiger partial charge in [-0.25, -0.2) is 0 Å². The van der Waals surface area contributed by atoms with E-state index in [0.29, 0.717) is 12.1 Å². The number of ether oxygens (including phenoxy) is 1. The first-order chi connectivity index (χ1) is 5.80. The average Bonchev–Trinajstić information content (AvgIpc) is 2.02. The van der Waals surface area contributed by atoms with E-state index in [1.807, 2.05) is 0 Å². The van der Waals surface area contributed by atoms with Crippen molar-refractivity contribution in [3.63, 3.8) is 0 Å². The van der Waals surface area contributed by atoms with Gasteiger partial charge in [0.25, 0.3) is 0 Å². The Morgan fingerprint density at radius 3 is 1.77 bits per heavy atom. The van der Waals surface area contributed by atoms with Crippen LogP contribution in [-0.2, 0) is 0 Å². The summed E-state index contributed by atoms with van der Waals surface area (Å²) in [5.74, 6) is 0.268. The van der Waals surface area contributed by atoms with Gasteiger partial charge in [0.2, 0.25) is 0 Å². The van der Waals surface area contributed by atoms with Gasteiger partial charge in [0, 0.05) is 0 Å². The van der Waals surface area contributed by atoms with Gasteiger partial charge in [-0.2, -0.15) is 0 Å². The van der Waals surface area contributed by atoms with Gasteiger partial charge < -0.3 is 0 Å². The predicted molar refractivity (Wildman–Crippen MR) is 44.0 cm³/mol. The Balaban J connectivity index is 3.07. The Hall–Kier alpha value is -0.830. The molecule has 1 rings (SSSR count). The molecule has 1 aromatic rings. The van der Waals surface area contributed by atoms with Crippen LogP contribution in [0, 0.1) is 0 Å². The topological polar surface area (TPSA) is 9.23 Å². The molecule has 0 radical (unpaired) electrons. The molecule has 0 fully saturated rings. The number of methoxy groups -OCH3 is 1. The van der Waals surface area contributed by atoms with Crippen LogP contribution in [0.2, 0.25) is 0 Å². The molecule has 0 aliphatic carbocycles. The van der Waals surface area contributed by atoms with E-state index < -0.39 is 13.2 Å². The quantitative estimate of drug-likeness (QED) is 0.541. The van der Waals surface area contributed by atoms with Gasteiger partial charge in [0.1, 0.15) is 0 Å². The van der Waals surface area contributed by atoms with Crippen molar-refractivity contribution < 1.29 is 21.5 Å². The zero-order chi connectivity index (χ0) is 10.1. The van der Waals surface area contributed by atoms with E-state index in [0.717, 1.165) is 12.1 Å². The van der Waals surface area contributed by atoms with Crippen LogP contribution >= 0.6 is 7.85 Å². The van der Waals surface area contributed by atoms with E-state index in [4.69, 9.17) is 0 Å². The van der Waals surface area contributed by atoms with Crippen molar-refractivity contribution in [2.75, 3.05) is 7.11 Å². The summed E-state index contributed by atoms with van der Waals surface area (Å²) in [6.07, 6.45) is 0. The van der Waals surface area contributed by atoms with E-state index in [1.165, 1.54) is 7.11 Å². The first-order valence-corrected chi connectivity index (χ1v) is 5.13. The molecule has 0 aliphatic rings. The van der Waals surface area contributed by atoms with Crippen molar-refractivity contribution in [3.8, 4) is 5.75 Å². The van der Waals surface area contributed by atoms with Crippen LogP contribution < -0.4 is 10.0 Å². The summed E-state index contributed by atoms with van der Waals surface area (Å²) >= 11 is 0. The SMILES string of the molecule is COc1ccc(P(F)(F)(F)F)cc1. The number of rotatable bonds is 2. The van der Waals surface area contributed by atoms with E-state index >= 15 is 0 Å². The average molecular weight is 214 g/mol. The van der Waals surface area contributed by atoms with E-state index in [9.17, 15) is 16.8 Å². The van der Waals surface area contributed by atoms with Gasteiger partial charge in [-0.05, 0) is 0 Å². The summed E-state index contributed by atoms with van der Waals surface area (Å²) in [7, 11) is -6.26.